The Labute approximate surface area is 166 Å². The molecule has 0 spiro atoms. The largest absolute Gasteiger partial charge is 0.449 e. The van der Waals surface area contributed by atoms with Gasteiger partial charge in [-0.3, -0.25) is 4.98 Å². The predicted molar refractivity (Wildman–Crippen MR) is 104 cm³/mol. The van der Waals surface area contributed by atoms with Crippen molar-refractivity contribution in [2.45, 2.75) is 39.8 Å². The number of ether oxygens (including phenoxy) is 1. The van der Waals surface area contributed by atoms with Gasteiger partial charge in [0.25, 0.3) is 5.89 Å². The van der Waals surface area contributed by atoms with Crippen LogP contribution in [0.2, 0.25) is 0 Å². The van der Waals surface area contributed by atoms with Crippen LogP contribution in [0.5, 0.6) is 0 Å². The Morgan fingerprint density at radius 1 is 1.21 bits per heavy atom. The Kier molecular flexibility index (Phi) is 4.79. The molecule has 0 fully saturated rings. The van der Waals surface area contributed by atoms with Crippen molar-refractivity contribution in [1.82, 2.24) is 29.9 Å². The summed E-state index contributed by atoms with van der Waals surface area (Å²) in [5.74, 6) is 0.0888. The van der Waals surface area contributed by atoms with Crippen LogP contribution in [0.15, 0.2) is 41.3 Å². The summed E-state index contributed by atoms with van der Waals surface area (Å²) in [4.78, 5) is 25.7. The minimum Gasteiger partial charge on any atom is -0.449 e. The molecule has 9 heteroatoms. The molecule has 0 radical (unpaired) electrons. The van der Waals surface area contributed by atoms with Crippen molar-refractivity contribution in [2.75, 3.05) is 0 Å². The Bertz CT molecular complexity index is 1170. The summed E-state index contributed by atoms with van der Waals surface area (Å²) < 4.78 is 12.6. The van der Waals surface area contributed by atoms with E-state index in [1.54, 1.807) is 42.3 Å². The molecule has 0 amide bonds. The maximum atomic E-state index is 12.9. The van der Waals surface area contributed by atoms with Crippen molar-refractivity contribution < 1.29 is 14.1 Å². The summed E-state index contributed by atoms with van der Waals surface area (Å²) in [6.45, 7) is 7.52. The first-order valence-corrected chi connectivity index (χ1v) is 9.24. The van der Waals surface area contributed by atoms with Crippen LogP contribution in [0.3, 0.4) is 0 Å². The fraction of sp³-hybridized carbons (Fsp3) is 0.300. The van der Waals surface area contributed by atoms with Gasteiger partial charge in [0.15, 0.2) is 11.8 Å². The number of esters is 1. The van der Waals surface area contributed by atoms with Gasteiger partial charge in [0.2, 0.25) is 5.82 Å². The standard InChI is InChI=1S/C20H20N6O3/c1-11(2)26-18-16(10-22-26)15(8-12(3)23-18)20(27)28-13(4)19-24-17(25-29-19)14-6-5-7-21-9-14/h5-11,13H,1-4H3. The highest BCUT2D eigenvalue weighted by Gasteiger charge is 2.23. The second kappa shape index (κ2) is 7.42. The van der Waals surface area contributed by atoms with Gasteiger partial charge >= 0.3 is 5.97 Å². The molecule has 0 aliphatic rings. The normalized spacial score (nSPS) is 12.4. The third-order valence-electron chi connectivity index (χ3n) is 4.40. The average molecular weight is 392 g/mol. The molecule has 1 unspecified atom stereocenters. The first-order valence-electron chi connectivity index (χ1n) is 9.24. The van der Waals surface area contributed by atoms with E-state index < -0.39 is 12.1 Å². The Hall–Kier alpha value is -3.62. The fourth-order valence-electron chi connectivity index (χ4n) is 2.98. The molecule has 4 rings (SSSR count). The molecule has 0 saturated carbocycles. The Morgan fingerprint density at radius 3 is 2.76 bits per heavy atom. The lowest BCUT2D eigenvalue weighted by Crippen LogP contribution is -2.11. The van der Waals surface area contributed by atoms with Gasteiger partial charge in [0.1, 0.15) is 0 Å². The van der Waals surface area contributed by atoms with E-state index in [2.05, 4.69) is 25.2 Å². The van der Waals surface area contributed by atoms with Gasteiger partial charge < -0.3 is 9.26 Å². The van der Waals surface area contributed by atoms with E-state index in [4.69, 9.17) is 9.26 Å². The van der Waals surface area contributed by atoms with Gasteiger partial charge in [-0.1, -0.05) is 5.16 Å². The Balaban J connectivity index is 1.59. The van der Waals surface area contributed by atoms with Crippen molar-refractivity contribution in [3.8, 4) is 11.4 Å². The van der Waals surface area contributed by atoms with Crippen molar-refractivity contribution >= 4 is 17.0 Å². The Morgan fingerprint density at radius 2 is 2.03 bits per heavy atom. The highest BCUT2D eigenvalue weighted by atomic mass is 16.6. The molecular weight excluding hydrogens is 372 g/mol. The van der Waals surface area contributed by atoms with Gasteiger partial charge in [-0.05, 0) is 45.9 Å². The number of carbonyl (C=O) groups is 1. The molecule has 4 heterocycles. The molecule has 1 atom stereocenters. The number of pyridine rings is 2. The lowest BCUT2D eigenvalue weighted by Gasteiger charge is -2.11. The third kappa shape index (κ3) is 3.58. The molecule has 29 heavy (non-hydrogen) atoms. The zero-order valence-corrected chi connectivity index (χ0v) is 16.5. The number of carbonyl (C=O) groups excluding carboxylic acids is 1. The molecule has 0 aliphatic carbocycles. The number of aryl methyl sites for hydroxylation is 1. The topological polar surface area (TPSA) is 109 Å². The van der Waals surface area contributed by atoms with Crippen molar-refractivity contribution in [3.05, 3.63) is 53.9 Å². The molecule has 9 nitrogen and oxygen atoms in total. The molecule has 0 bridgehead atoms. The van der Waals surface area contributed by atoms with Crippen LogP contribution in [0.25, 0.3) is 22.4 Å². The number of hydrogen-bond donors (Lipinski definition) is 0. The summed E-state index contributed by atoms with van der Waals surface area (Å²) in [5.41, 5.74) is 2.47. The van der Waals surface area contributed by atoms with Crippen LogP contribution in [-0.4, -0.2) is 35.9 Å². The number of aromatic nitrogens is 6. The van der Waals surface area contributed by atoms with Crippen LogP contribution < -0.4 is 0 Å². The molecule has 0 saturated heterocycles. The van der Waals surface area contributed by atoms with Crippen molar-refractivity contribution in [2.24, 2.45) is 0 Å². The summed E-state index contributed by atoms with van der Waals surface area (Å²) >= 11 is 0. The number of fused-ring (bicyclic) bond motifs is 1. The van der Waals surface area contributed by atoms with E-state index in [0.717, 1.165) is 0 Å². The molecule has 0 aliphatic heterocycles. The maximum Gasteiger partial charge on any atom is 0.339 e. The maximum absolute atomic E-state index is 12.9. The summed E-state index contributed by atoms with van der Waals surface area (Å²) in [5, 5.41) is 8.93. The van der Waals surface area contributed by atoms with Gasteiger partial charge in [-0.2, -0.15) is 10.1 Å². The van der Waals surface area contributed by atoms with Gasteiger partial charge in [-0.15, -0.1) is 0 Å². The monoisotopic (exact) mass is 392 g/mol. The van der Waals surface area contributed by atoms with Gasteiger partial charge in [-0.25, -0.2) is 14.5 Å². The average Bonchev–Trinajstić information content (AvgIpc) is 3.35. The second-order valence-corrected chi connectivity index (χ2v) is 6.98. The number of rotatable bonds is 5. The second-order valence-electron chi connectivity index (χ2n) is 6.98. The van der Waals surface area contributed by atoms with E-state index in [-0.39, 0.29) is 11.9 Å². The zero-order chi connectivity index (χ0) is 20.5. The number of nitrogens with zero attached hydrogens (tertiary/aromatic N) is 6. The summed E-state index contributed by atoms with van der Waals surface area (Å²) in [7, 11) is 0. The highest BCUT2D eigenvalue weighted by Crippen LogP contribution is 2.25. The van der Waals surface area contributed by atoms with E-state index in [0.29, 0.717) is 33.7 Å². The van der Waals surface area contributed by atoms with Crippen molar-refractivity contribution in [3.63, 3.8) is 0 Å². The zero-order valence-electron chi connectivity index (χ0n) is 16.5. The minimum absolute atomic E-state index is 0.119. The molecular formula is C20H20N6O3. The van der Waals surface area contributed by atoms with E-state index in [1.807, 2.05) is 26.8 Å². The quantitative estimate of drug-likeness (QED) is 0.473. The molecule has 0 N–H and O–H groups in total. The van der Waals surface area contributed by atoms with Crippen LogP contribution in [-0.2, 0) is 4.74 Å². The van der Waals surface area contributed by atoms with E-state index in [1.165, 1.54) is 0 Å². The predicted octanol–water partition coefficient (Wildman–Crippen LogP) is 3.68. The number of hydrogen-bond acceptors (Lipinski definition) is 8. The lowest BCUT2D eigenvalue weighted by molar-refractivity contribution is 0.0267. The van der Waals surface area contributed by atoms with Crippen molar-refractivity contribution in [1.29, 1.82) is 0 Å². The smallest absolute Gasteiger partial charge is 0.339 e. The van der Waals surface area contributed by atoms with Gasteiger partial charge in [0.05, 0.1) is 17.1 Å². The van der Waals surface area contributed by atoms with Crippen LogP contribution in [0.1, 0.15) is 54.9 Å². The van der Waals surface area contributed by atoms with E-state index >= 15 is 0 Å². The molecule has 4 aromatic rings. The molecule has 4 aromatic heterocycles. The van der Waals surface area contributed by atoms with Crippen LogP contribution in [0.4, 0.5) is 0 Å². The minimum atomic E-state index is -0.718. The summed E-state index contributed by atoms with van der Waals surface area (Å²) in [6.07, 6.45) is 4.21. The third-order valence-corrected chi connectivity index (χ3v) is 4.40. The summed E-state index contributed by atoms with van der Waals surface area (Å²) in [6, 6.07) is 5.41. The highest BCUT2D eigenvalue weighted by molar-refractivity contribution is 6.02. The molecule has 148 valence electrons. The van der Waals surface area contributed by atoms with Crippen LogP contribution in [0, 0.1) is 6.92 Å². The molecule has 0 aromatic carbocycles. The van der Waals surface area contributed by atoms with Gasteiger partial charge in [0, 0.05) is 29.7 Å². The first kappa shape index (κ1) is 18.7. The fourth-order valence-corrected chi connectivity index (χ4v) is 2.98. The lowest BCUT2D eigenvalue weighted by atomic mass is 10.1. The SMILES string of the molecule is Cc1cc(C(=O)OC(C)c2nc(-c3cccnc3)no2)c2cnn(C(C)C)c2n1. The van der Waals surface area contributed by atoms with Crippen LogP contribution >= 0.6 is 0 Å². The van der Waals surface area contributed by atoms with E-state index in [9.17, 15) is 4.79 Å². The first-order chi connectivity index (χ1) is 13.9.